The van der Waals surface area contributed by atoms with Crippen LogP contribution in [0.4, 0.5) is 5.69 Å². The molecule has 0 spiro atoms. The molecule has 6 nitrogen and oxygen atoms in total. The third kappa shape index (κ3) is 4.61. The highest BCUT2D eigenvalue weighted by Gasteiger charge is 2.33. The molecule has 8 heteroatoms. The van der Waals surface area contributed by atoms with Gasteiger partial charge in [0.1, 0.15) is 0 Å². The molecule has 174 valence electrons. The van der Waals surface area contributed by atoms with Gasteiger partial charge in [-0.1, -0.05) is 42.5 Å². The van der Waals surface area contributed by atoms with Crippen molar-refractivity contribution in [3.05, 3.63) is 77.1 Å². The highest BCUT2D eigenvalue weighted by atomic mass is 32.2. The standard InChI is InChI=1S/C26H25N3O3S2/c1-18-27-25(17-33-18)21-8-4-10-23(14-21)28-26(30)22-9-5-13-29(16-22)34(31,32)24-12-11-19-6-2-3-7-20(19)15-24/h2-4,6-8,10-12,14-15,17,22H,5,9,13,16H2,1H3,(H,28,30). The molecule has 1 saturated heterocycles. The van der Waals surface area contributed by atoms with Gasteiger partial charge >= 0.3 is 0 Å². The molecular weight excluding hydrogens is 466 g/mol. The fourth-order valence-electron chi connectivity index (χ4n) is 4.35. The number of nitrogens with zero attached hydrogens (tertiary/aromatic N) is 2. The molecule has 2 heterocycles. The van der Waals surface area contributed by atoms with Gasteiger partial charge in [0.05, 0.1) is 21.5 Å². The second kappa shape index (κ2) is 9.29. The molecule has 1 N–H and O–H groups in total. The first kappa shape index (κ1) is 22.7. The number of hydrogen-bond donors (Lipinski definition) is 1. The predicted octanol–water partition coefficient (Wildman–Crippen LogP) is 5.31. The lowest BCUT2D eigenvalue weighted by Crippen LogP contribution is -2.43. The van der Waals surface area contributed by atoms with Gasteiger partial charge in [0.25, 0.3) is 0 Å². The third-order valence-electron chi connectivity index (χ3n) is 6.16. The molecule has 1 aromatic heterocycles. The summed E-state index contributed by atoms with van der Waals surface area (Å²) in [5.74, 6) is -0.570. The Morgan fingerprint density at radius 1 is 1.06 bits per heavy atom. The fourth-order valence-corrected chi connectivity index (χ4v) is 6.53. The summed E-state index contributed by atoms with van der Waals surface area (Å²) < 4.78 is 28.1. The van der Waals surface area contributed by atoms with Gasteiger partial charge in [-0.15, -0.1) is 11.3 Å². The zero-order chi connectivity index (χ0) is 23.7. The van der Waals surface area contributed by atoms with Gasteiger partial charge in [0.2, 0.25) is 15.9 Å². The van der Waals surface area contributed by atoms with E-state index in [2.05, 4.69) is 10.3 Å². The van der Waals surface area contributed by atoms with Crippen LogP contribution >= 0.6 is 11.3 Å². The average Bonchev–Trinajstić information content (AvgIpc) is 3.30. The molecule has 1 unspecified atom stereocenters. The van der Waals surface area contributed by atoms with Crippen LogP contribution in [0.3, 0.4) is 0 Å². The number of benzene rings is 3. The molecule has 4 aromatic rings. The Morgan fingerprint density at radius 2 is 1.88 bits per heavy atom. The second-order valence-corrected chi connectivity index (χ2v) is 11.5. The van der Waals surface area contributed by atoms with E-state index >= 15 is 0 Å². The maximum atomic E-state index is 13.3. The van der Waals surface area contributed by atoms with Gasteiger partial charge in [-0.05, 0) is 54.8 Å². The Morgan fingerprint density at radius 3 is 2.68 bits per heavy atom. The van der Waals surface area contributed by atoms with Gasteiger partial charge < -0.3 is 5.32 Å². The normalized spacial score (nSPS) is 17.0. The number of rotatable bonds is 5. The van der Waals surface area contributed by atoms with Crippen LogP contribution in [-0.2, 0) is 14.8 Å². The van der Waals surface area contributed by atoms with Crippen molar-refractivity contribution >= 4 is 43.7 Å². The van der Waals surface area contributed by atoms with E-state index in [0.29, 0.717) is 25.1 Å². The number of anilines is 1. The van der Waals surface area contributed by atoms with Crippen molar-refractivity contribution in [2.24, 2.45) is 5.92 Å². The van der Waals surface area contributed by atoms with Crippen LogP contribution in [0.2, 0.25) is 0 Å². The summed E-state index contributed by atoms with van der Waals surface area (Å²) in [4.78, 5) is 17.8. The van der Waals surface area contributed by atoms with Crippen molar-refractivity contribution in [1.82, 2.24) is 9.29 Å². The first-order valence-corrected chi connectivity index (χ1v) is 13.5. The minimum atomic E-state index is -3.69. The average molecular weight is 492 g/mol. The number of carbonyl (C=O) groups excluding carboxylic acids is 1. The summed E-state index contributed by atoms with van der Waals surface area (Å²) >= 11 is 1.58. The lowest BCUT2D eigenvalue weighted by molar-refractivity contribution is -0.120. The molecule has 0 bridgehead atoms. The zero-order valence-corrected chi connectivity index (χ0v) is 20.4. The lowest BCUT2D eigenvalue weighted by Gasteiger charge is -2.31. The van der Waals surface area contributed by atoms with Crippen LogP contribution in [0.25, 0.3) is 22.0 Å². The van der Waals surface area contributed by atoms with Crippen LogP contribution in [0.5, 0.6) is 0 Å². The smallest absolute Gasteiger partial charge is 0.243 e. The molecule has 34 heavy (non-hydrogen) atoms. The van der Waals surface area contributed by atoms with E-state index in [4.69, 9.17) is 0 Å². The number of hydrogen-bond acceptors (Lipinski definition) is 5. The molecule has 1 aliphatic rings. The zero-order valence-electron chi connectivity index (χ0n) is 18.8. The summed E-state index contributed by atoms with van der Waals surface area (Å²) in [5.41, 5.74) is 2.50. The summed E-state index contributed by atoms with van der Waals surface area (Å²) in [6, 6.07) is 20.5. The molecule has 3 aromatic carbocycles. The molecule has 1 amide bonds. The number of thiazole rings is 1. The molecule has 1 fully saturated rings. The molecular formula is C26H25N3O3S2. The van der Waals surface area contributed by atoms with Gasteiger partial charge in [0, 0.05) is 29.7 Å². The summed E-state index contributed by atoms with van der Waals surface area (Å²) in [6.45, 7) is 2.55. The Hall–Kier alpha value is -3.07. The van der Waals surface area contributed by atoms with Crippen LogP contribution in [0.1, 0.15) is 17.8 Å². The largest absolute Gasteiger partial charge is 0.326 e. The van der Waals surface area contributed by atoms with E-state index < -0.39 is 15.9 Å². The highest BCUT2D eigenvalue weighted by molar-refractivity contribution is 7.89. The molecule has 5 rings (SSSR count). The Bertz CT molecular complexity index is 1460. The van der Waals surface area contributed by atoms with E-state index in [-0.39, 0.29) is 17.3 Å². The maximum absolute atomic E-state index is 13.3. The Labute approximate surface area is 203 Å². The molecule has 1 aliphatic heterocycles. The summed E-state index contributed by atoms with van der Waals surface area (Å²) in [7, 11) is -3.69. The molecule has 1 atom stereocenters. The van der Waals surface area contributed by atoms with E-state index in [1.165, 1.54) is 4.31 Å². The number of fused-ring (bicyclic) bond motifs is 1. The molecule has 0 aliphatic carbocycles. The van der Waals surface area contributed by atoms with Crippen LogP contribution in [-0.4, -0.2) is 36.7 Å². The number of carbonyl (C=O) groups is 1. The Kier molecular flexibility index (Phi) is 6.20. The minimum absolute atomic E-state index is 0.162. The van der Waals surface area contributed by atoms with Crippen molar-refractivity contribution in [3.8, 4) is 11.3 Å². The number of sulfonamides is 1. The summed E-state index contributed by atoms with van der Waals surface area (Å²) in [6.07, 6.45) is 1.30. The van der Waals surface area contributed by atoms with E-state index in [1.807, 2.05) is 66.9 Å². The Balaban J connectivity index is 1.31. The van der Waals surface area contributed by atoms with Crippen molar-refractivity contribution in [2.75, 3.05) is 18.4 Å². The van der Waals surface area contributed by atoms with Crippen molar-refractivity contribution in [1.29, 1.82) is 0 Å². The maximum Gasteiger partial charge on any atom is 0.243 e. The van der Waals surface area contributed by atoms with Crippen LogP contribution < -0.4 is 5.32 Å². The quantitative estimate of drug-likeness (QED) is 0.410. The second-order valence-electron chi connectivity index (χ2n) is 8.53. The third-order valence-corrected chi connectivity index (χ3v) is 8.79. The van der Waals surface area contributed by atoms with Gasteiger partial charge in [-0.2, -0.15) is 4.31 Å². The SMILES string of the molecule is Cc1nc(-c2cccc(NC(=O)C3CCCN(S(=O)(=O)c4ccc5ccccc5c4)C3)c2)cs1. The van der Waals surface area contributed by atoms with Gasteiger partial charge in [-0.25, -0.2) is 13.4 Å². The number of nitrogens with one attached hydrogen (secondary N) is 1. The lowest BCUT2D eigenvalue weighted by atomic mass is 9.98. The van der Waals surface area contributed by atoms with E-state index in [1.54, 1.807) is 23.5 Å². The number of aryl methyl sites for hydroxylation is 1. The first-order chi connectivity index (χ1) is 16.4. The van der Waals surface area contributed by atoms with Crippen molar-refractivity contribution in [2.45, 2.75) is 24.7 Å². The van der Waals surface area contributed by atoms with Gasteiger partial charge in [0.15, 0.2) is 0 Å². The number of amides is 1. The van der Waals surface area contributed by atoms with Crippen LogP contribution in [0, 0.1) is 12.8 Å². The summed E-state index contributed by atoms with van der Waals surface area (Å²) in [5, 5.41) is 7.83. The van der Waals surface area contributed by atoms with Crippen LogP contribution in [0.15, 0.2) is 77.0 Å². The number of piperidine rings is 1. The molecule has 0 radical (unpaired) electrons. The highest BCUT2D eigenvalue weighted by Crippen LogP contribution is 2.28. The predicted molar refractivity (Wildman–Crippen MR) is 136 cm³/mol. The minimum Gasteiger partial charge on any atom is -0.326 e. The topological polar surface area (TPSA) is 79.4 Å². The van der Waals surface area contributed by atoms with E-state index in [9.17, 15) is 13.2 Å². The van der Waals surface area contributed by atoms with Crippen molar-refractivity contribution < 1.29 is 13.2 Å². The first-order valence-electron chi connectivity index (χ1n) is 11.2. The van der Waals surface area contributed by atoms with E-state index in [0.717, 1.165) is 27.0 Å². The monoisotopic (exact) mass is 491 g/mol. The van der Waals surface area contributed by atoms with Crippen molar-refractivity contribution in [3.63, 3.8) is 0 Å². The number of aromatic nitrogens is 1. The molecule has 0 saturated carbocycles. The fraction of sp³-hybridized carbons (Fsp3) is 0.231. The van der Waals surface area contributed by atoms with Gasteiger partial charge in [-0.3, -0.25) is 4.79 Å².